The van der Waals surface area contributed by atoms with Gasteiger partial charge in [0.2, 0.25) is 0 Å². The van der Waals surface area contributed by atoms with E-state index in [9.17, 15) is 4.79 Å². The minimum absolute atomic E-state index is 0.211. The van der Waals surface area contributed by atoms with E-state index in [0.717, 1.165) is 10.6 Å². The van der Waals surface area contributed by atoms with E-state index in [1.165, 1.54) is 0 Å². The van der Waals surface area contributed by atoms with Crippen molar-refractivity contribution in [2.75, 3.05) is 23.4 Å². The second kappa shape index (κ2) is 7.33. The minimum atomic E-state index is -0.211. The van der Waals surface area contributed by atoms with Crippen molar-refractivity contribution >= 4 is 40.8 Å². The lowest BCUT2D eigenvalue weighted by molar-refractivity contribution is 0.102. The average Bonchev–Trinajstić information content (AvgIpc) is 2.47. The summed E-state index contributed by atoms with van der Waals surface area (Å²) in [5.41, 5.74) is 1.23. The van der Waals surface area contributed by atoms with Crippen LogP contribution in [-0.4, -0.2) is 23.7 Å². The molecular formula is C15H16ClN3OS. The molecule has 2 aromatic rings. The van der Waals surface area contributed by atoms with Crippen molar-refractivity contribution in [1.29, 1.82) is 0 Å². The first-order chi connectivity index (χ1) is 10.1. The number of rotatable bonds is 5. The Labute approximate surface area is 133 Å². The molecule has 21 heavy (non-hydrogen) atoms. The number of nitrogens with zero attached hydrogens (tertiary/aromatic N) is 1. The Kier molecular flexibility index (Phi) is 5.47. The summed E-state index contributed by atoms with van der Waals surface area (Å²) in [6.45, 7) is 2.67. The van der Waals surface area contributed by atoms with E-state index in [-0.39, 0.29) is 11.1 Å². The van der Waals surface area contributed by atoms with Gasteiger partial charge in [0.15, 0.2) is 0 Å². The summed E-state index contributed by atoms with van der Waals surface area (Å²) in [7, 11) is 0. The van der Waals surface area contributed by atoms with Crippen LogP contribution in [0.4, 0.5) is 11.5 Å². The second-order valence-electron chi connectivity index (χ2n) is 4.28. The largest absolute Gasteiger partial charge is 0.370 e. The van der Waals surface area contributed by atoms with Gasteiger partial charge >= 0.3 is 0 Å². The highest BCUT2D eigenvalue weighted by atomic mass is 35.5. The zero-order chi connectivity index (χ0) is 15.2. The molecular weight excluding hydrogens is 306 g/mol. The van der Waals surface area contributed by atoms with Crippen LogP contribution >= 0.6 is 23.4 Å². The lowest BCUT2D eigenvalue weighted by Crippen LogP contribution is -2.13. The number of hydrogen-bond donors (Lipinski definition) is 2. The Bertz CT molecular complexity index is 649. The Hall–Kier alpha value is -1.72. The number of hydrogen-bond acceptors (Lipinski definition) is 4. The molecule has 1 heterocycles. The van der Waals surface area contributed by atoms with Gasteiger partial charge in [-0.15, -0.1) is 11.8 Å². The quantitative estimate of drug-likeness (QED) is 0.642. The number of aromatic nitrogens is 1. The number of carbonyl (C=O) groups is 1. The summed E-state index contributed by atoms with van der Waals surface area (Å²) < 4.78 is 0. The van der Waals surface area contributed by atoms with Crippen LogP contribution in [0.2, 0.25) is 5.15 Å². The van der Waals surface area contributed by atoms with Crippen molar-refractivity contribution in [2.24, 2.45) is 0 Å². The Morgan fingerprint density at radius 1 is 1.33 bits per heavy atom. The van der Waals surface area contributed by atoms with Crippen molar-refractivity contribution in [3.8, 4) is 0 Å². The molecule has 0 saturated carbocycles. The van der Waals surface area contributed by atoms with Crippen LogP contribution in [0.25, 0.3) is 0 Å². The summed E-state index contributed by atoms with van der Waals surface area (Å²) in [5, 5.41) is 6.20. The van der Waals surface area contributed by atoms with Gasteiger partial charge < -0.3 is 10.6 Å². The van der Waals surface area contributed by atoms with Crippen molar-refractivity contribution < 1.29 is 4.79 Å². The summed E-state index contributed by atoms with van der Waals surface area (Å²) in [4.78, 5) is 17.5. The predicted octanol–water partition coefficient (Wildman–Crippen LogP) is 4.14. The number of nitrogens with one attached hydrogen (secondary N) is 2. The first-order valence-corrected chi connectivity index (χ1v) is 8.09. The van der Waals surface area contributed by atoms with E-state index in [0.29, 0.717) is 17.9 Å². The number of anilines is 2. The molecule has 0 atom stereocenters. The Morgan fingerprint density at radius 2 is 2.14 bits per heavy atom. The average molecular weight is 322 g/mol. The van der Waals surface area contributed by atoms with E-state index >= 15 is 0 Å². The van der Waals surface area contributed by atoms with Crippen molar-refractivity contribution in [2.45, 2.75) is 11.8 Å². The van der Waals surface area contributed by atoms with E-state index < -0.39 is 0 Å². The first-order valence-electron chi connectivity index (χ1n) is 6.49. The van der Waals surface area contributed by atoms with Crippen LogP contribution in [0.1, 0.15) is 17.3 Å². The van der Waals surface area contributed by atoms with Crippen molar-refractivity contribution in [1.82, 2.24) is 4.98 Å². The third-order valence-electron chi connectivity index (χ3n) is 2.74. The molecule has 6 heteroatoms. The number of thioether (sulfide) groups is 1. The lowest BCUT2D eigenvalue weighted by atomic mass is 10.2. The minimum Gasteiger partial charge on any atom is -0.370 e. The molecule has 0 aliphatic heterocycles. The van der Waals surface area contributed by atoms with E-state index in [2.05, 4.69) is 15.6 Å². The smallest absolute Gasteiger partial charge is 0.255 e. The zero-order valence-corrected chi connectivity index (χ0v) is 13.4. The number of halogens is 1. The number of carbonyl (C=O) groups excluding carboxylic acids is 1. The fraction of sp³-hybridized carbons (Fsp3) is 0.200. The summed E-state index contributed by atoms with van der Waals surface area (Å²) in [6.07, 6.45) is 1.99. The fourth-order valence-electron chi connectivity index (χ4n) is 1.80. The van der Waals surface area contributed by atoms with Crippen LogP contribution in [0.3, 0.4) is 0 Å². The van der Waals surface area contributed by atoms with Crippen molar-refractivity contribution in [3.05, 3.63) is 47.1 Å². The molecule has 1 aromatic carbocycles. The molecule has 2 N–H and O–H groups in total. The van der Waals surface area contributed by atoms with E-state index in [4.69, 9.17) is 11.6 Å². The van der Waals surface area contributed by atoms with Gasteiger partial charge in [0, 0.05) is 22.7 Å². The van der Waals surface area contributed by atoms with Gasteiger partial charge in [0.25, 0.3) is 5.91 Å². The fourth-order valence-corrected chi connectivity index (χ4v) is 2.47. The van der Waals surface area contributed by atoms with E-state index in [1.807, 2.05) is 37.4 Å². The molecule has 4 nitrogen and oxygen atoms in total. The predicted molar refractivity (Wildman–Crippen MR) is 89.6 cm³/mol. The molecule has 0 radical (unpaired) electrons. The monoisotopic (exact) mass is 321 g/mol. The molecule has 1 amide bonds. The van der Waals surface area contributed by atoms with Gasteiger partial charge in [-0.25, -0.2) is 4.98 Å². The second-order valence-corrected chi connectivity index (χ2v) is 5.55. The van der Waals surface area contributed by atoms with Gasteiger partial charge in [0.1, 0.15) is 11.0 Å². The highest BCUT2D eigenvalue weighted by Gasteiger charge is 2.10. The van der Waals surface area contributed by atoms with Gasteiger partial charge in [-0.3, -0.25) is 4.79 Å². The highest BCUT2D eigenvalue weighted by Crippen LogP contribution is 2.20. The Balaban J connectivity index is 2.19. The maximum absolute atomic E-state index is 12.3. The van der Waals surface area contributed by atoms with Gasteiger partial charge in [-0.2, -0.15) is 0 Å². The highest BCUT2D eigenvalue weighted by molar-refractivity contribution is 7.98. The van der Waals surface area contributed by atoms with Crippen LogP contribution in [-0.2, 0) is 0 Å². The SMILES string of the molecule is CCNc1cc(C(=O)Nc2cccc(SC)c2)cc(Cl)n1. The first kappa shape index (κ1) is 15.7. The molecule has 0 saturated heterocycles. The summed E-state index contributed by atoms with van der Waals surface area (Å²) in [6, 6.07) is 10.9. The van der Waals surface area contributed by atoms with Gasteiger partial charge in [-0.05, 0) is 43.5 Å². The lowest BCUT2D eigenvalue weighted by Gasteiger charge is -2.09. The molecule has 110 valence electrons. The van der Waals surface area contributed by atoms with Crippen LogP contribution in [0.15, 0.2) is 41.3 Å². The summed E-state index contributed by atoms with van der Waals surface area (Å²) >= 11 is 7.57. The number of pyridine rings is 1. The normalized spacial score (nSPS) is 10.2. The molecule has 0 aliphatic rings. The molecule has 0 unspecified atom stereocenters. The Morgan fingerprint density at radius 3 is 2.86 bits per heavy atom. The number of amides is 1. The maximum Gasteiger partial charge on any atom is 0.255 e. The molecule has 1 aromatic heterocycles. The molecule has 0 spiro atoms. The topological polar surface area (TPSA) is 54.0 Å². The summed E-state index contributed by atoms with van der Waals surface area (Å²) in [5.74, 6) is 0.379. The molecule has 2 rings (SSSR count). The van der Waals surface area contributed by atoms with Gasteiger partial charge in [0.05, 0.1) is 0 Å². The third-order valence-corrected chi connectivity index (χ3v) is 3.66. The standard InChI is InChI=1S/C15H16ClN3OS/c1-3-17-14-8-10(7-13(16)19-14)15(20)18-11-5-4-6-12(9-11)21-2/h4-9H,3H2,1-2H3,(H,17,19)(H,18,20). The van der Waals surface area contributed by atoms with Crippen LogP contribution < -0.4 is 10.6 Å². The molecule has 0 aliphatic carbocycles. The molecule has 0 fully saturated rings. The van der Waals surface area contributed by atoms with Gasteiger partial charge in [-0.1, -0.05) is 17.7 Å². The van der Waals surface area contributed by atoms with Crippen molar-refractivity contribution in [3.63, 3.8) is 0 Å². The van der Waals surface area contributed by atoms with Crippen LogP contribution in [0, 0.1) is 0 Å². The molecule has 0 bridgehead atoms. The number of benzene rings is 1. The van der Waals surface area contributed by atoms with E-state index in [1.54, 1.807) is 23.9 Å². The van der Waals surface area contributed by atoms with Crippen LogP contribution in [0.5, 0.6) is 0 Å². The maximum atomic E-state index is 12.3. The zero-order valence-electron chi connectivity index (χ0n) is 11.8. The third kappa shape index (κ3) is 4.37.